The van der Waals surface area contributed by atoms with E-state index < -0.39 is 5.97 Å². The van der Waals surface area contributed by atoms with Crippen LogP contribution >= 0.6 is 0 Å². The third kappa shape index (κ3) is 4.08. The van der Waals surface area contributed by atoms with E-state index in [1.807, 2.05) is 59.2 Å². The summed E-state index contributed by atoms with van der Waals surface area (Å²) >= 11 is 0. The van der Waals surface area contributed by atoms with Crippen LogP contribution in [-0.4, -0.2) is 15.6 Å². The molecule has 0 saturated carbocycles. The molecule has 4 rings (SSSR count). The van der Waals surface area contributed by atoms with Gasteiger partial charge in [0.1, 0.15) is 5.69 Å². The van der Waals surface area contributed by atoms with Gasteiger partial charge in [0, 0.05) is 36.1 Å². The summed E-state index contributed by atoms with van der Waals surface area (Å²) in [5.41, 5.74) is 5.62. The van der Waals surface area contributed by atoms with Gasteiger partial charge in [-0.3, -0.25) is 0 Å². The molecule has 29 heavy (non-hydrogen) atoms. The van der Waals surface area contributed by atoms with Gasteiger partial charge >= 0.3 is 5.97 Å². The van der Waals surface area contributed by atoms with Crippen molar-refractivity contribution >= 4 is 16.9 Å². The van der Waals surface area contributed by atoms with E-state index in [1.54, 1.807) is 0 Å². The number of aromatic carboxylic acids is 1. The van der Waals surface area contributed by atoms with Crippen molar-refractivity contribution in [2.75, 3.05) is 0 Å². The Balaban J connectivity index is 1.68. The summed E-state index contributed by atoms with van der Waals surface area (Å²) in [4.78, 5) is 12.2. The van der Waals surface area contributed by atoms with Crippen LogP contribution in [0.25, 0.3) is 10.9 Å². The van der Waals surface area contributed by atoms with E-state index in [-0.39, 0.29) is 0 Å². The normalized spacial score (nSPS) is 11.1. The Labute approximate surface area is 170 Å². The molecule has 0 amide bonds. The third-order valence-corrected chi connectivity index (χ3v) is 5.21. The molecular weight excluding hydrogens is 360 g/mol. The predicted molar refractivity (Wildman–Crippen MR) is 116 cm³/mol. The van der Waals surface area contributed by atoms with Gasteiger partial charge in [0.15, 0.2) is 0 Å². The Morgan fingerprint density at radius 1 is 0.862 bits per heavy atom. The van der Waals surface area contributed by atoms with Crippen LogP contribution in [0.1, 0.15) is 32.7 Å². The van der Waals surface area contributed by atoms with Crippen molar-refractivity contribution in [2.45, 2.75) is 26.6 Å². The van der Waals surface area contributed by atoms with Crippen LogP contribution in [-0.2, 0) is 19.6 Å². The summed E-state index contributed by atoms with van der Waals surface area (Å²) in [6.45, 7) is 3.79. The Morgan fingerprint density at radius 3 is 2.28 bits per heavy atom. The van der Waals surface area contributed by atoms with E-state index in [2.05, 4.69) is 36.5 Å². The molecule has 0 atom stereocenters. The van der Waals surface area contributed by atoms with E-state index in [1.165, 1.54) is 11.1 Å². The standard InChI is InChI=1S/C25H24N2O2/c1-18-11-13-19(14-12-18)15-26-16-22-21-9-5-6-10-23(21)27(24(22)25(28)29)17-20-7-3-2-4-8-20/h2-14,26H,15-17H2,1H3,(H,28,29). The van der Waals surface area contributed by atoms with Crippen LogP contribution in [0.15, 0.2) is 78.9 Å². The fourth-order valence-corrected chi connectivity index (χ4v) is 3.77. The Morgan fingerprint density at radius 2 is 1.55 bits per heavy atom. The van der Waals surface area contributed by atoms with Crippen molar-refractivity contribution in [3.8, 4) is 0 Å². The maximum absolute atomic E-state index is 12.2. The lowest BCUT2D eigenvalue weighted by atomic mass is 10.1. The summed E-state index contributed by atoms with van der Waals surface area (Å²) in [6, 6.07) is 26.3. The van der Waals surface area contributed by atoms with Crippen LogP contribution < -0.4 is 5.32 Å². The first-order chi connectivity index (χ1) is 14.1. The number of hydrogen-bond donors (Lipinski definition) is 2. The van der Waals surface area contributed by atoms with Crippen molar-refractivity contribution < 1.29 is 9.90 Å². The maximum atomic E-state index is 12.2. The minimum absolute atomic E-state index is 0.353. The molecular formula is C25H24N2O2. The zero-order valence-electron chi connectivity index (χ0n) is 16.4. The Kier molecular flexibility index (Phi) is 5.45. The number of nitrogens with one attached hydrogen (secondary N) is 1. The molecule has 0 saturated heterocycles. The van der Waals surface area contributed by atoms with Crippen LogP contribution in [0.3, 0.4) is 0 Å². The minimum atomic E-state index is -0.899. The first-order valence-electron chi connectivity index (χ1n) is 9.77. The number of carboxylic acid groups (broad SMARTS) is 1. The topological polar surface area (TPSA) is 54.3 Å². The van der Waals surface area contributed by atoms with Gasteiger partial charge in [0.25, 0.3) is 0 Å². The molecule has 0 unspecified atom stereocenters. The van der Waals surface area contributed by atoms with E-state index >= 15 is 0 Å². The van der Waals surface area contributed by atoms with Gasteiger partial charge in [0.05, 0.1) is 0 Å². The van der Waals surface area contributed by atoms with Crippen LogP contribution in [0.4, 0.5) is 0 Å². The molecule has 0 aliphatic carbocycles. The number of aromatic nitrogens is 1. The molecule has 4 aromatic rings. The molecule has 0 bridgehead atoms. The van der Waals surface area contributed by atoms with Gasteiger partial charge in [-0.1, -0.05) is 78.4 Å². The highest BCUT2D eigenvalue weighted by atomic mass is 16.4. The summed E-state index contributed by atoms with van der Waals surface area (Å²) in [7, 11) is 0. The number of para-hydroxylation sites is 1. The van der Waals surface area contributed by atoms with Gasteiger partial charge in [-0.2, -0.15) is 0 Å². The summed E-state index contributed by atoms with van der Waals surface area (Å²) in [5.74, 6) is -0.899. The number of rotatable bonds is 7. The number of benzene rings is 3. The van der Waals surface area contributed by atoms with Gasteiger partial charge in [-0.25, -0.2) is 4.79 Å². The molecule has 1 heterocycles. The SMILES string of the molecule is Cc1ccc(CNCc2c(C(=O)O)n(Cc3ccccc3)c3ccccc23)cc1. The lowest BCUT2D eigenvalue weighted by molar-refractivity contribution is 0.0685. The van der Waals surface area contributed by atoms with E-state index in [4.69, 9.17) is 0 Å². The van der Waals surface area contributed by atoms with Gasteiger partial charge in [-0.05, 0) is 24.1 Å². The predicted octanol–water partition coefficient (Wildman–Crippen LogP) is 4.99. The fraction of sp³-hybridized carbons (Fsp3) is 0.160. The zero-order valence-corrected chi connectivity index (χ0v) is 16.4. The summed E-state index contributed by atoms with van der Waals surface area (Å²) in [6.07, 6.45) is 0. The second-order valence-electron chi connectivity index (χ2n) is 7.31. The summed E-state index contributed by atoms with van der Waals surface area (Å²) in [5, 5.41) is 14.4. The highest BCUT2D eigenvalue weighted by Crippen LogP contribution is 2.27. The number of carboxylic acids is 1. The second kappa shape index (κ2) is 8.33. The molecule has 2 N–H and O–H groups in total. The van der Waals surface area contributed by atoms with E-state index in [0.29, 0.717) is 25.3 Å². The van der Waals surface area contributed by atoms with Gasteiger partial charge in [-0.15, -0.1) is 0 Å². The van der Waals surface area contributed by atoms with E-state index in [0.717, 1.165) is 22.0 Å². The number of fused-ring (bicyclic) bond motifs is 1. The average molecular weight is 384 g/mol. The van der Waals surface area contributed by atoms with Crippen molar-refractivity contribution in [1.29, 1.82) is 0 Å². The third-order valence-electron chi connectivity index (χ3n) is 5.21. The Hall–Kier alpha value is -3.37. The number of aryl methyl sites for hydroxylation is 1. The van der Waals surface area contributed by atoms with Crippen molar-refractivity contribution in [3.63, 3.8) is 0 Å². The molecule has 0 fully saturated rings. The molecule has 146 valence electrons. The quantitative estimate of drug-likeness (QED) is 0.472. The molecule has 0 spiro atoms. The average Bonchev–Trinajstić information content (AvgIpc) is 3.04. The molecule has 1 aromatic heterocycles. The highest BCUT2D eigenvalue weighted by Gasteiger charge is 2.22. The number of nitrogens with zero attached hydrogens (tertiary/aromatic N) is 1. The smallest absolute Gasteiger partial charge is 0.352 e. The van der Waals surface area contributed by atoms with Crippen molar-refractivity contribution in [2.24, 2.45) is 0 Å². The summed E-state index contributed by atoms with van der Waals surface area (Å²) < 4.78 is 1.91. The second-order valence-corrected chi connectivity index (χ2v) is 7.31. The lowest BCUT2D eigenvalue weighted by Crippen LogP contribution is -2.17. The van der Waals surface area contributed by atoms with Crippen LogP contribution in [0.5, 0.6) is 0 Å². The van der Waals surface area contributed by atoms with Crippen molar-refractivity contribution in [3.05, 3.63) is 107 Å². The maximum Gasteiger partial charge on any atom is 0.352 e. The molecule has 3 aromatic carbocycles. The molecule has 0 aliphatic rings. The van der Waals surface area contributed by atoms with E-state index in [9.17, 15) is 9.90 Å². The lowest BCUT2D eigenvalue weighted by Gasteiger charge is -2.10. The van der Waals surface area contributed by atoms with Gasteiger partial charge < -0.3 is 15.0 Å². The highest BCUT2D eigenvalue weighted by molar-refractivity contribution is 5.98. The Bertz CT molecular complexity index is 1130. The molecule has 4 heteroatoms. The van der Waals surface area contributed by atoms with Crippen molar-refractivity contribution in [1.82, 2.24) is 9.88 Å². The zero-order chi connectivity index (χ0) is 20.2. The molecule has 4 nitrogen and oxygen atoms in total. The van der Waals surface area contributed by atoms with Crippen LogP contribution in [0.2, 0.25) is 0 Å². The fourth-order valence-electron chi connectivity index (χ4n) is 3.77. The van der Waals surface area contributed by atoms with Gasteiger partial charge in [0.2, 0.25) is 0 Å². The monoisotopic (exact) mass is 384 g/mol. The molecule has 0 aliphatic heterocycles. The largest absolute Gasteiger partial charge is 0.477 e. The molecule has 0 radical (unpaired) electrons. The minimum Gasteiger partial charge on any atom is -0.477 e. The van der Waals surface area contributed by atoms with Crippen LogP contribution in [0, 0.1) is 6.92 Å². The number of carbonyl (C=O) groups is 1. The first-order valence-corrected chi connectivity index (χ1v) is 9.77. The number of hydrogen-bond acceptors (Lipinski definition) is 2. The first kappa shape index (κ1) is 19.0.